The third-order valence-corrected chi connectivity index (χ3v) is 7.13. The maximum Gasteiger partial charge on any atom is 0.234 e. The molecule has 136 valence electrons. The van der Waals surface area contributed by atoms with Crippen LogP contribution >= 0.6 is 22.7 Å². The van der Waals surface area contributed by atoms with Crippen LogP contribution in [-0.4, -0.2) is 35.4 Å². The average molecular weight is 386 g/mol. The highest BCUT2D eigenvalue weighted by molar-refractivity contribution is 7.18. The fourth-order valence-corrected chi connectivity index (χ4v) is 5.39. The van der Waals surface area contributed by atoms with E-state index in [1.165, 1.54) is 14.6 Å². The number of carbonyl (C=O) groups excluding carboxylic acids is 1. The average Bonchev–Trinajstić information content (AvgIpc) is 3.31. The predicted molar refractivity (Wildman–Crippen MR) is 109 cm³/mol. The first kappa shape index (κ1) is 17.6. The lowest BCUT2D eigenvalue weighted by molar-refractivity contribution is -0.123. The van der Waals surface area contributed by atoms with E-state index >= 15 is 0 Å². The normalized spacial score (nSPS) is 19.5. The van der Waals surface area contributed by atoms with Crippen LogP contribution in [0.5, 0.6) is 0 Å². The van der Waals surface area contributed by atoms with Crippen molar-refractivity contribution in [2.45, 2.75) is 31.7 Å². The van der Waals surface area contributed by atoms with Gasteiger partial charge >= 0.3 is 0 Å². The molecule has 1 aliphatic heterocycles. The Morgan fingerprint density at radius 1 is 1.35 bits per heavy atom. The number of thiazole rings is 1. The second-order valence-corrected chi connectivity index (χ2v) is 8.94. The zero-order chi connectivity index (χ0) is 17.9. The van der Waals surface area contributed by atoms with Gasteiger partial charge in [0.2, 0.25) is 5.91 Å². The Labute approximate surface area is 161 Å². The molecule has 0 saturated carbocycles. The van der Waals surface area contributed by atoms with E-state index in [2.05, 4.69) is 34.5 Å². The summed E-state index contributed by atoms with van der Waals surface area (Å²) in [5.41, 5.74) is 1.09. The minimum absolute atomic E-state index is 0.0762. The Hall–Kier alpha value is -1.76. The summed E-state index contributed by atoms with van der Waals surface area (Å²) in [6.07, 6.45) is 2.28. The number of hydrogen-bond acceptors (Lipinski definition) is 5. The van der Waals surface area contributed by atoms with Crippen LogP contribution in [0, 0.1) is 0 Å². The number of rotatable bonds is 5. The van der Waals surface area contributed by atoms with Crippen molar-refractivity contribution in [1.29, 1.82) is 0 Å². The summed E-state index contributed by atoms with van der Waals surface area (Å²) < 4.78 is 1.25. The first-order valence-electron chi connectivity index (χ1n) is 9.09. The van der Waals surface area contributed by atoms with Crippen molar-refractivity contribution in [3.63, 3.8) is 0 Å². The van der Waals surface area contributed by atoms with Crippen LogP contribution in [0.15, 0.2) is 41.8 Å². The van der Waals surface area contributed by atoms with Gasteiger partial charge in [0, 0.05) is 17.3 Å². The minimum atomic E-state index is 0.0762. The van der Waals surface area contributed by atoms with Crippen molar-refractivity contribution in [3.8, 4) is 0 Å². The third-order valence-electron chi connectivity index (χ3n) is 4.88. The highest BCUT2D eigenvalue weighted by atomic mass is 32.1. The molecule has 0 bridgehead atoms. The van der Waals surface area contributed by atoms with E-state index in [1.807, 2.05) is 24.4 Å². The topological polar surface area (TPSA) is 45.2 Å². The molecule has 0 radical (unpaired) electrons. The zero-order valence-corrected chi connectivity index (χ0v) is 16.5. The number of nitrogens with zero attached hydrogens (tertiary/aromatic N) is 2. The van der Waals surface area contributed by atoms with Crippen molar-refractivity contribution in [1.82, 2.24) is 15.2 Å². The molecule has 26 heavy (non-hydrogen) atoms. The molecular formula is C20H23N3OS2. The van der Waals surface area contributed by atoms with Crippen molar-refractivity contribution in [2.24, 2.45) is 0 Å². The lowest BCUT2D eigenvalue weighted by Gasteiger charge is -2.31. The molecule has 1 N–H and O–H groups in total. The first-order chi connectivity index (χ1) is 12.7. The van der Waals surface area contributed by atoms with E-state index in [0.717, 1.165) is 31.4 Å². The van der Waals surface area contributed by atoms with Gasteiger partial charge in [-0.05, 0) is 49.9 Å². The molecule has 3 aromatic rings. The molecule has 1 fully saturated rings. The summed E-state index contributed by atoms with van der Waals surface area (Å²) in [4.78, 5) is 20.7. The Morgan fingerprint density at radius 2 is 2.23 bits per heavy atom. The summed E-state index contributed by atoms with van der Waals surface area (Å²) >= 11 is 3.48. The monoisotopic (exact) mass is 385 g/mol. The van der Waals surface area contributed by atoms with Gasteiger partial charge in [0.05, 0.1) is 27.8 Å². The summed E-state index contributed by atoms with van der Waals surface area (Å²) in [5, 5.41) is 6.38. The number of benzene rings is 1. The largest absolute Gasteiger partial charge is 0.348 e. The van der Waals surface area contributed by atoms with Crippen LogP contribution in [0.25, 0.3) is 10.2 Å². The number of amides is 1. The Kier molecular flexibility index (Phi) is 5.33. The van der Waals surface area contributed by atoms with Gasteiger partial charge in [-0.15, -0.1) is 22.7 Å². The summed E-state index contributed by atoms with van der Waals surface area (Å²) in [7, 11) is 0. The highest BCUT2D eigenvalue weighted by Gasteiger charge is 2.25. The van der Waals surface area contributed by atoms with E-state index in [0.29, 0.717) is 12.5 Å². The van der Waals surface area contributed by atoms with Crippen LogP contribution in [-0.2, 0) is 4.79 Å². The summed E-state index contributed by atoms with van der Waals surface area (Å²) in [6.45, 7) is 4.42. The lowest BCUT2D eigenvalue weighted by Crippen LogP contribution is -2.42. The molecule has 4 nitrogen and oxygen atoms in total. The quantitative estimate of drug-likeness (QED) is 0.707. The molecular weight excluding hydrogens is 362 g/mol. The minimum Gasteiger partial charge on any atom is -0.348 e. The lowest BCUT2D eigenvalue weighted by atomic mass is 9.99. The van der Waals surface area contributed by atoms with Gasteiger partial charge < -0.3 is 5.32 Å². The van der Waals surface area contributed by atoms with E-state index in [4.69, 9.17) is 4.98 Å². The molecule has 6 heteroatoms. The smallest absolute Gasteiger partial charge is 0.234 e. The SMILES string of the molecule is C[C@H](NC(=O)CN1CCC[C@H](c2nc3ccccc3s2)C1)c1cccs1. The van der Waals surface area contributed by atoms with Crippen molar-refractivity contribution in [2.75, 3.05) is 19.6 Å². The van der Waals surface area contributed by atoms with Crippen LogP contribution in [0.1, 0.15) is 41.6 Å². The number of thiophene rings is 1. The third kappa shape index (κ3) is 3.98. The van der Waals surface area contributed by atoms with E-state index in [-0.39, 0.29) is 11.9 Å². The Morgan fingerprint density at radius 3 is 3.04 bits per heavy atom. The van der Waals surface area contributed by atoms with Gasteiger partial charge in [-0.3, -0.25) is 9.69 Å². The number of likely N-dealkylation sites (tertiary alicyclic amines) is 1. The molecule has 1 aromatic carbocycles. The van der Waals surface area contributed by atoms with Crippen molar-refractivity contribution >= 4 is 38.8 Å². The number of hydrogen-bond donors (Lipinski definition) is 1. The zero-order valence-electron chi connectivity index (χ0n) is 14.9. The van der Waals surface area contributed by atoms with Crippen LogP contribution in [0.3, 0.4) is 0 Å². The van der Waals surface area contributed by atoms with Crippen LogP contribution in [0.2, 0.25) is 0 Å². The number of aromatic nitrogens is 1. The maximum atomic E-state index is 12.4. The summed E-state index contributed by atoms with van der Waals surface area (Å²) in [6, 6.07) is 12.5. The van der Waals surface area contributed by atoms with Gasteiger partial charge in [0.1, 0.15) is 0 Å². The van der Waals surface area contributed by atoms with Crippen LogP contribution in [0.4, 0.5) is 0 Å². The number of fused-ring (bicyclic) bond motifs is 1. The molecule has 2 aromatic heterocycles. The Balaban J connectivity index is 1.36. The number of para-hydroxylation sites is 1. The van der Waals surface area contributed by atoms with Gasteiger partial charge in [-0.25, -0.2) is 4.98 Å². The van der Waals surface area contributed by atoms with E-state index in [9.17, 15) is 4.79 Å². The van der Waals surface area contributed by atoms with Gasteiger partial charge in [0.25, 0.3) is 0 Å². The summed E-state index contributed by atoms with van der Waals surface area (Å²) in [5.74, 6) is 0.541. The molecule has 0 spiro atoms. The second-order valence-electron chi connectivity index (χ2n) is 6.90. The molecule has 1 amide bonds. The molecule has 3 heterocycles. The fourth-order valence-electron chi connectivity index (χ4n) is 3.56. The molecule has 1 aliphatic rings. The molecule has 2 atom stereocenters. The second kappa shape index (κ2) is 7.86. The highest BCUT2D eigenvalue weighted by Crippen LogP contribution is 2.32. The predicted octanol–water partition coefficient (Wildman–Crippen LogP) is 4.41. The van der Waals surface area contributed by atoms with E-state index < -0.39 is 0 Å². The number of carbonyl (C=O) groups is 1. The maximum absolute atomic E-state index is 12.4. The number of nitrogens with one attached hydrogen (secondary N) is 1. The number of piperidine rings is 1. The standard InChI is InChI=1S/C20H23N3OS2/c1-14(17-9-5-11-25-17)21-19(24)13-23-10-4-6-15(12-23)20-22-16-7-2-3-8-18(16)26-20/h2-3,5,7-9,11,14-15H,4,6,10,12-13H2,1H3,(H,21,24)/t14-,15-/m0/s1. The van der Waals surface area contributed by atoms with Crippen molar-refractivity contribution in [3.05, 3.63) is 51.7 Å². The van der Waals surface area contributed by atoms with Gasteiger partial charge in [0.15, 0.2) is 0 Å². The van der Waals surface area contributed by atoms with Crippen LogP contribution < -0.4 is 5.32 Å². The van der Waals surface area contributed by atoms with E-state index in [1.54, 1.807) is 22.7 Å². The molecule has 1 saturated heterocycles. The van der Waals surface area contributed by atoms with Crippen molar-refractivity contribution < 1.29 is 4.79 Å². The molecule has 0 aliphatic carbocycles. The Bertz CT molecular complexity index is 841. The molecule has 4 rings (SSSR count). The van der Waals surface area contributed by atoms with Gasteiger partial charge in [-0.2, -0.15) is 0 Å². The first-order valence-corrected chi connectivity index (χ1v) is 10.8. The van der Waals surface area contributed by atoms with Gasteiger partial charge in [-0.1, -0.05) is 18.2 Å². The molecule has 0 unspecified atom stereocenters. The fraction of sp³-hybridized carbons (Fsp3) is 0.400.